The maximum atomic E-state index is 14.0. The van der Waals surface area contributed by atoms with Crippen molar-refractivity contribution < 1.29 is 18.3 Å². The molecule has 1 fully saturated rings. The van der Waals surface area contributed by atoms with E-state index >= 15 is 0 Å². The van der Waals surface area contributed by atoms with E-state index in [0.29, 0.717) is 23.7 Å². The van der Waals surface area contributed by atoms with E-state index in [0.717, 1.165) is 6.20 Å². The molecule has 2 aromatic rings. The van der Waals surface area contributed by atoms with Crippen molar-refractivity contribution in [2.75, 3.05) is 11.9 Å². The molecule has 0 bridgehead atoms. The molecule has 2 heterocycles. The molecule has 1 amide bonds. The zero-order chi connectivity index (χ0) is 21.3. The molecule has 0 saturated heterocycles. The smallest absolute Gasteiger partial charge is 0.229 e. The van der Waals surface area contributed by atoms with Crippen LogP contribution in [0.15, 0.2) is 48.6 Å². The van der Waals surface area contributed by atoms with E-state index in [9.17, 15) is 13.6 Å². The zero-order valence-electron chi connectivity index (χ0n) is 16.7. The van der Waals surface area contributed by atoms with Crippen LogP contribution in [0.1, 0.15) is 24.4 Å². The summed E-state index contributed by atoms with van der Waals surface area (Å²) in [4.78, 5) is 25.2. The van der Waals surface area contributed by atoms with Crippen molar-refractivity contribution in [1.82, 2.24) is 15.0 Å². The van der Waals surface area contributed by atoms with Crippen molar-refractivity contribution >= 4 is 11.7 Å². The number of pyridine rings is 1. The molecule has 2 aliphatic rings. The number of amides is 1. The molecule has 0 spiro atoms. The maximum Gasteiger partial charge on any atom is 0.229 e. The van der Waals surface area contributed by atoms with Crippen LogP contribution in [0.4, 0.5) is 14.6 Å². The van der Waals surface area contributed by atoms with Crippen LogP contribution in [0.2, 0.25) is 0 Å². The highest BCUT2D eigenvalue weighted by molar-refractivity contribution is 5.94. The third-order valence-electron chi connectivity index (χ3n) is 5.74. The Balaban J connectivity index is 1.52. The summed E-state index contributed by atoms with van der Waals surface area (Å²) < 4.78 is 33.1. The zero-order valence-corrected chi connectivity index (χ0v) is 16.7. The summed E-state index contributed by atoms with van der Waals surface area (Å²) in [5.74, 6) is -0.0262. The number of nitrogens with zero attached hydrogens (tertiary/aromatic N) is 3. The van der Waals surface area contributed by atoms with Crippen LogP contribution >= 0.6 is 0 Å². The SMILES string of the molecule is Cc1ncc(OC[C@@]2(C3C=CC=C(F)C3)C[C@H]2C(=O)Nc2ccc(F)cn2)c(C)n1. The van der Waals surface area contributed by atoms with Gasteiger partial charge >= 0.3 is 0 Å². The summed E-state index contributed by atoms with van der Waals surface area (Å²) in [7, 11) is 0. The van der Waals surface area contributed by atoms with Gasteiger partial charge in [-0.05, 0) is 44.4 Å². The third-order valence-corrected chi connectivity index (χ3v) is 5.74. The van der Waals surface area contributed by atoms with Crippen LogP contribution in [0.3, 0.4) is 0 Å². The molecule has 2 aromatic heterocycles. The molecule has 156 valence electrons. The predicted molar refractivity (Wildman–Crippen MR) is 107 cm³/mol. The van der Waals surface area contributed by atoms with Crippen LogP contribution in [0.25, 0.3) is 0 Å². The van der Waals surface area contributed by atoms with Gasteiger partial charge in [0.05, 0.1) is 24.7 Å². The highest BCUT2D eigenvalue weighted by atomic mass is 19.1. The molecule has 1 saturated carbocycles. The summed E-state index contributed by atoms with van der Waals surface area (Å²) in [6.07, 6.45) is 8.47. The van der Waals surface area contributed by atoms with Gasteiger partial charge in [-0.3, -0.25) is 4.79 Å². The lowest BCUT2D eigenvalue weighted by Crippen LogP contribution is -2.30. The standard InChI is InChI=1S/C22H22F2N4O2/c1-13-19(11-25-14(2)27-13)30-12-22(15-4-3-5-16(23)8-15)9-18(22)21(29)28-20-7-6-17(24)10-26-20/h3-7,10-11,15,18H,8-9,12H2,1-2H3,(H,26,28,29)/t15?,18-,22+/m0/s1. The lowest BCUT2D eigenvalue weighted by Gasteiger charge is -2.27. The molecule has 0 aromatic carbocycles. The average Bonchev–Trinajstić information content (AvgIpc) is 3.45. The summed E-state index contributed by atoms with van der Waals surface area (Å²) >= 11 is 0. The lowest BCUT2D eigenvalue weighted by molar-refractivity contribution is -0.118. The second-order valence-electron chi connectivity index (χ2n) is 7.81. The molecule has 3 atom stereocenters. The monoisotopic (exact) mass is 412 g/mol. The van der Waals surface area contributed by atoms with Gasteiger partial charge in [0.2, 0.25) is 5.91 Å². The van der Waals surface area contributed by atoms with Gasteiger partial charge in [-0.1, -0.05) is 12.2 Å². The van der Waals surface area contributed by atoms with Gasteiger partial charge in [-0.2, -0.15) is 0 Å². The van der Waals surface area contributed by atoms with Crippen molar-refractivity contribution in [1.29, 1.82) is 0 Å². The number of aryl methyl sites for hydroxylation is 2. The van der Waals surface area contributed by atoms with E-state index in [4.69, 9.17) is 4.74 Å². The van der Waals surface area contributed by atoms with Gasteiger partial charge in [0.1, 0.15) is 23.3 Å². The molecule has 1 N–H and O–H groups in total. The lowest BCUT2D eigenvalue weighted by atomic mass is 9.82. The van der Waals surface area contributed by atoms with E-state index in [-0.39, 0.29) is 42.4 Å². The molecule has 30 heavy (non-hydrogen) atoms. The number of ether oxygens (including phenoxy) is 1. The first-order valence-electron chi connectivity index (χ1n) is 9.76. The number of halogens is 2. The second-order valence-corrected chi connectivity index (χ2v) is 7.81. The third kappa shape index (κ3) is 4.08. The Bertz CT molecular complexity index is 1020. The van der Waals surface area contributed by atoms with Gasteiger partial charge in [0, 0.05) is 17.8 Å². The molecular formula is C22H22F2N4O2. The van der Waals surface area contributed by atoms with Crippen LogP contribution in [-0.4, -0.2) is 27.5 Å². The number of nitrogens with one attached hydrogen (secondary N) is 1. The van der Waals surface area contributed by atoms with E-state index < -0.39 is 11.2 Å². The molecule has 4 rings (SSSR count). The van der Waals surface area contributed by atoms with Crippen LogP contribution < -0.4 is 10.1 Å². The fourth-order valence-electron chi connectivity index (χ4n) is 3.98. The molecule has 0 radical (unpaired) electrons. The summed E-state index contributed by atoms with van der Waals surface area (Å²) in [5, 5.41) is 2.72. The average molecular weight is 412 g/mol. The number of anilines is 1. The summed E-state index contributed by atoms with van der Waals surface area (Å²) in [6, 6.07) is 2.64. The topological polar surface area (TPSA) is 77.0 Å². The quantitative estimate of drug-likeness (QED) is 0.774. The number of carbonyl (C=O) groups excluding carboxylic acids is 1. The molecule has 0 aliphatic heterocycles. The number of aromatic nitrogens is 3. The molecule has 6 nitrogen and oxygen atoms in total. The van der Waals surface area contributed by atoms with Gasteiger partial charge in [-0.15, -0.1) is 0 Å². The van der Waals surface area contributed by atoms with Gasteiger partial charge in [0.15, 0.2) is 5.75 Å². The van der Waals surface area contributed by atoms with E-state index in [2.05, 4.69) is 20.3 Å². The second kappa shape index (κ2) is 7.93. The maximum absolute atomic E-state index is 14.0. The van der Waals surface area contributed by atoms with E-state index in [1.54, 1.807) is 19.2 Å². The number of carbonyl (C=O) groups is 1. The number of allylic oxidation sites excluding steroid dienone is 4. The minimum absolute atomic E-state index is 0.175. The van der Waals surface area contributed by atoms with Gasteiger partial charge < -0.3 is 10.1 Å². The first-order valence-corrected chi connectivity index (χ1v) is 9.76. The van der Waals surface area contributed by atoms with Gasteiger partial charge in [0.25, 0.3) is 0 Å². The Kier molecular flexibility index (Phi) is 5.32. The number of rotatable bonds is 6. The van der Waals surface area contributed by atoms with Crippen molar-refractivity contribution in [2.24, 2.45) is 17.3 Å². The largest absolute Gasteiger partial charge is 0.489 e. The van der Waals surface area contributed by atoms with Gasteiger partial charge in [-0.25, -0.2) is 23.7 Å². The molecular weight excluding hydrogens is 390 g/mol. The predicted octanol–water partition coefficient (Wildman–Crippen LogP) is 4.08. The number of hydrogen-bond acceptors (Lipinski definition) is 5. The molecule has 2 aliphatic carbocycles. The summed E-state index contributed by atoms with van der Waals surface area (Å²) in [5.41, 5.74) is 0.156. The summed E-state index contributed by atoms with van der Waals surface area (Å²) in [6.45, 7) is 3.86. The fourth-order valence-corrected chi connectivity index (χ4v) is 3.98. The Morgan fingerprint density at radius 1 is 1.27 bits per heavy atom. The fraction of sp³-hybridized carbons (Fsp3) is 0.364. The van der Waals surface area contributed by atoms with Crippen LogP contribution in [-0.2, 0) is 4.79 Å². The van der Waals surface area contributed by atoms with E-state index in [1.807, 2.05) is 13.0 Å². The van der Waals surface area contributed by atoms with Crippen molar-refractivity contribution in [3.05, 3.63) is 65.9 Å². The normalized spacial score (nSPS) is 24.9. The van der Waals surface area contributed by atoms with Crippen molar-refractivity contribution in [3.8, 4) is 5.75 Å². The highest BCUT2D eigenvalue weighted by Gasteiger charge is 2.62. The minimum Gasteiger partial charge on any atom is -0.489 e. The first kappa shape index (κ1) is 20.1. The molecule has 1 unspecified atom stereocenters. The van der Waals surface area contributed by atoms with Crippen molar-refractivity contribution in [2.45, 2.75) is 26.7 Å². The van der Waals surface area contributed by atoms with Crippen LogP contribution in [0, 0.1) is 36.9 Å². The van der Waals surface area contributed by atoms with Crippen molar-refractivity contribution in [3.63, 3.8) is 0 Å². The Morgan fingerprint density at radius 3 is 2.80 bits per heavy atom. The first-order chi connectivity index (χ1) is 14.4. The minimum atomic E-state index is -0.552. The van der Waals surface area contributed by atoms with Crippen LogP contribution in [0.5, 0.6) is 5.75 Å². The van der Waals surface area contributed by atoms with E-state index in [1.165, 1.54) is 18.2 Å². The number of hydrogen-bond donors (Lipinski definition) is 1. The Labute approximate surface area is 173 Å². The Hall–Kier alpha value is -3.16. The Morgan fingerprint density at radius 2 is 2.10 bits per heavy atom. The molecule has 8 heteroatoms. The highest BCUT2D eigenvalue weighted by Crippen LogP contribution is 2.60.